The molecule has 1 aromatic rings. The van der Waals surface area contributed by atoms with E-state index >= 15 is 0 Å². The fourth-order valence-electron chi connectivity index (χ4n) is 2.72. The van der Waals surface area contributed by atoms with Crippen LogP contribution in [0.15, 0.2) is 6.20 Å². The predicted octanol–water partition coefficient (Wildman–Crippen LogP) is 1.99. The van der Waals surface area contributed by atoms with E-state index < -0.39 is 5.91 Å². The van der Waals surface area contributed by atoms with Crippen molar-refractivity contribution in [2.24, 2.45) is 17.1 Å². The summed E-state index contributed by atoms with van der Waals surface area (Å²) in [6.07, 6.45) is 3.60. The van der Waals surface area contributed by atoms with E-state index in [4.69, 9.17) is 5.73 Å². The number of hydrogen-bond acceptors (Lipinski definition) is 6. The zero-order valence-corrected chi connectivity index (χ0v) is 15.0. The highest BCUT2D eigenvalue weighted by molar-refractivity contribution is 5.97. The molecule has 134 valence electrons. The minimum absolute atomic E-state index is 0.0691. The van der Waals surface area contributed by atoms with Crippen LogP contribution in [-0.2, 0) is 0 Å². The van der Waals surface area contributed by atoms with Gasteiger partial charge in [0.25, 0.3) is 5.91 Å². The summed E-state index contributed by atoms with van der Waals surface area (Å²) in [5.74, 6) is 0.625. The van der Waals surface area contributed by atoms with Crippen molar-refractivity contribution in [3.05, 3.63) is 11.8 Å². The maximum absolute atomic E-state index is 11.6. The Morgan fingerprint density at radius 2 is 2.12 bits per heavy atom. The zero-order chi connectivity index (χ0) is 17.9. The molecule has 1 unspecified atom stereocenters. The average molecular weight is 335 g/mol. The lowest BCUT2D eigenvalue weighted by Gasteiger charge is -2.32. The third kappa shape index (κ3) is 5.06. The number of carbonyl (C=O) groups is 1. The number of aliphatic hydroxyl groups excluding tert-OH is 1. The van der Waals surface area contributed by atoms with Crippen LogP contribution in [0.4, 0.5) is 11.8 Å². The zero-order valence-electron chi connectivity index (χ0n) is 15.0. The van der Waals surface area contributed by atoms with Crippen molar-refractivity contribution in [3.8, 4) is 0 Å². The van der Waals surface area contributed by atoms with Crippen molar-refractivity contribution in [1.29, 1.82) is 0 Å². The molecule has 7 heteroatoms. The normalized spacial score (nSPS) is 24.5. The van der Waals surface area contributed by atoms with Crippen molar-refractivity contribution in [3.63, 3.8) is 0 Å². The molecule has 1 heterocycles. The number of nitrogens with one attached hydrogen (secondary N) is 2. The van der Waals surface area contributed by atoms with Crippen LogP contribution in [0.5, 0.6) is 0 Å². The first-order valence-corrected chi connectivity index (χ1v) is 8.51. The molecule has 24 heavy (non-hydrogen) atoms. The van der Waals surface area contributed by atoms with E-state index in [0.717, 1.165) is 12.8 Å². The summed E-state index contributed by atoms with van der Waals surface area (Å²) in [6.45, 7) is 9.10. The standard InChI is InChI=1S/C17H29N5O2/c1-10-5-6-11(7-13(10)23)21-15-12(14(18)24)8-19-16(22-15)20-9-17(2,3)4/h8,10-11,13,23H,5-7,9H2,1-4H3,(H2,18,24)(H2,19,20,21,22)/t10-,11?,13-/m1/s1. The van der Waals surface area contributed by atoms with Gasteiger partial charge in [0, 0.05) is 18.8 Å². The molecule has 0 aliphatic heterocycles. The molecular formula is C17H29N5O2. The highest BCUT2D eigenvalue weighted by atomic mass is 16.3. The van der Waals surface area contributed by atoms with Crippen molar-refractivity contribution in [2.45, 2.75) is 59.1 Å². The number of nitrogens with two attached hydrogens (primary N) is 1. The van der Waals surface area contributed by atoms with Crippen LogP contribution in [0.2, 0.25) is 0 Å². The summed E-state index contributed by atoms with van der Waals surface area (Å²) in [6, 6.07) is 0.0691. The maximum Gasteiger partial charge on any atom is 0.254 e. The van der Waals surface area contributed by atoms with Gasteiger partial charge in [-0.2, -0.15) is 4.98 Å². The van der Waals surface area contributed by atoms with Gasteiger partial charge in [-0.1, -0.05) is 27.7 Å². The molecule has 1 aliphatic rings. The first-order valence-electron chi connectivity index (χ1n) is 8.51. The molecule has 7 nitrogen and oxygen atoms in total. The first-order chi connectivity index (χ1) is 11.2. The highest BCUT2D eigenvalue weighted by Crippen LogP contribution is 2.27. The summed E-state index contributed by atoms with van der Waals surface area (Å²) >= 11 is 0. The van der Waals surface area contributed by atoms with Gasteiger partial charge < -0.3 is 21.5 Å². The van der Waals surface area contributed by atoms with E-state index in [-0.39, 0.29) is 23.1 Å². The second kappa shape index (κ2) is 7.34. The summed E-state index contributed by atoms with van der Waals surface area (Å²) in [7, 11) is 0. The molecule has 0 radical (unpaired) electrons. The van der Waals surface area contributed by atoms with Gasteiger partial charge in [-0.05, 0) is 30.6 Å². The molecule has 0 aromatic carbocycles. The fraction of sp³-hybridized carbons (Fsp3) is 0.706. The van der Waals surface area contributed by atoms with Crippen LogP contribution in [0.3, 0.4) is 0 Å². The van der Waals surface area contributed by atoms with Crippen molar-refractivity contribution < 1.29 is 9.90 Å². The molecule has 1 aromatic heterocycles. The van der Waals surface area contributed by atoms with Gasteiger partial charge in [-0.15, -0.1) is 0 Å². The number of aliphatic hydroxyl groups is 1. The molecule has 1 saturated carbocycles. The van der Waals surface area contributed by atoms with Gasteiger partial charge in [0.05, 0.1) is 11.7 Å². The minimum atomic E-state index is -0.565. The van der Waals surface area contributed by atoms with Crippen LogP contribution in [0, 0.1) is 11.3 Å². The number of anilines is 2. The van der Waals surface area contributed by atoms with E-state index in [1.165, 1.54) is 6.20 Å². The van der Waals surface area contributed by atoms with Gasteiger partial charge in [0.2, 0.25) is 5.95 Å². The summed E-state index contributed by atoms with van der Waals surface area (Å²) < 4.78 is 0. The Morgan fingerprint density at radius 3 is 2.71 bits per heavy atom. The fourth-order valence-corrected chi connectivity index (χ4v) is 2.72. The average Bonchev–Trinajstić information content (AvgIpc) is 2.48. The van der Waals surface area contributed by atoms with Crippen LogP contribution >= 0.6 is 0 Å². The molecule has 5 N–H and O–H groups in total. The molecule has 1 fully saturated rings. The van der Waals surface area contributed by atoms with Gasteiger partial charge in [0.1, 0.15) is 5.82 Å². The van der Waals surface area contributed by atoms with E-state index in [1.54, 1.807) is 0 Å². The molecular weight excluding hydrogens is 306 g/mol. The lowest BCUT2D eigenvalue weighted by Crippen LogP contribution is -2.35. The predicted molar refractivity (Wildman–Crippen MR) is 94.9 cm³/mol. The van der Waals surface area contributed by atoms with Crippen LogP contribution in [0.1, 0.15) is 57.3 Å². The number of aromatic nitrogens is 2. The Labute approximate surface area is 143 Å². The van der Waals surface area contributed by atoms with Crippen LogP contribution in [0.25, 0.3) is 0 Å². The van der Waals surface area contributed by atoms with Crippen molar-refractivity contribution >= 4 is 17.7 Å². The van der Waals surface area contributed by atoms with Gasteiger partial charge in [-0.3, -0.25) is 4.79 Å². The van der Waals surface area contributed by atoms with Crippen molar-refractivity contribution in [1.82, 2.24) is 9.97 Å². The second-order valence-electron chi connectivity index (χ2n) is 7.93. The minimum Gasteiger partial charge on any atom is -0.393 e. The molecule has 1 amide bonds. The number of carbonyl (C=O) groups excluding carboxylic acids is 1. The van der Waals surface area contributed by atoms with Gasteiger partial charge in [0.15, 0.2) is 0 Å². The number of hydrogen-bond donors (Lipinski definition) is 4. The Morgan fingerprint density at radius 1 is 1.42 bits per heavy atom. The Kier molecular flexibility index (Phi) is 5.64. The second-order valence-corrected chi connectivity index (χ2v) is 7.93. The third-order valence-corrected chi connectivity index (χ3v) is 4.33. The lowest BCUT2D eigenvalue weighted by molar-refractivity contribution is 0.0739. The monoisotopic (exact) mass is 335 g/mol. The number of rotatable bonds is 5. The number of amides is 1. The lowest BCUT2D eigenvalue weighted by atomic mass is 9.85. The quantitative estimate of drug-likeness (QED) is 0.654. The Hall–Kier alpha value is -1.89. The largest absolute Gasteiger partial charge is 0.393 e. The molecule has 0 bridgehead atoms. The van der Waals surface area contributed by atoms with E-state index in [1.807, 2.05) is 0 Å². The highest BCUT2D eigenvalue weighted by Gasteiger charge is 2.27. The summed E-state index contributed by atoms with van der Waals surface area (Å²) in [5, 5.41) is 16.5. The van der Waals surface area contributed by atoms with Crippen LogP contribution in [-0.4, -0.2) is 39.7 Å². The molecule has 0 saturated heterocycles. The topological polar surface area (TPSA) is 113 Å². The van der Waals surface area contributed by atoms with Gasteiger partial charge >= 0.3 is 0 Å². The summed E-state index contributed by atoms with van der Waals surface area (Å²) in [5.41, 5.74) is 5.79. The maximum atomic E-state index is 11.6. The smallest absolute Gasteiger partial charge is 0.254 e. The van der Waals surface area contributed by atoms with Gasteiger partial charge in [-0.25, -0.2) is 4.98 Å². The Bertz CT molecular complexity index is 585. The van der Waals surface area contributed by atoms with Crippen molar-refractivity contribution in [2.75, 3.05) is 17.2 Å². The van der Waals surface area contributed by atoms with E-state index in [0.29, 0.717) is 30.6 Å². The van der Waals surface area contributed by atoms with E-state index in [9.17, 15) is 9.90 Å². The Balaban J connectivity index is 2.14. The van der Waals surface area contributed by atoms with E-state index in [2.05, 4.69) is 48.3 Å². The number of primary amides is 1. The first kappa shape index (κ1) is 18.4. The third-order valence-electron chi connectivity index (χ3n) is 4.33. The number of nitrogens with zero attached hydrogens (tertiary/aromatic N) is 2. The molecule has 0 spiro atoms. The van der Waals surface area contributed by atoms with Crippen LogP contribution < -0.4 is 16.4 Å². The molecule has 1 aliphatic carbocycles. The SMILES string of the molecule is C[C@@H]1CCC(Nc2nc(NCC(C)(C)C)ncc2C(N)=O)C[C@H]1O. The summed E-state index contributed by atoms with van der Waals surface area (Å²) in [4.78, 5) is 20.2. The molecule has 2 rings (SSSR count). The molecule has 3 atom stereocenters.